The lowest BCUT2D eigenvalue weighted by Gasteiger charge is -1.98. The van der Waals surface area contributed by atoms with E-state index in [0.717, 1.165) is 10.9 Å². The van der Waals surface area contributed by atoms with E-state index >= 15 is 0 Å². The van der Waals surface area contributed by atoms with Crippen molar-refractivity contribution in [2.75, 3.05) is 0 Å². The Labute approximate surface area is 113 Å². The first-order valence-electron chi connectivity index (χ1n) is 5.72. The van der Waals surface area contributed by atoms with Gasteiger partial charge in [-0.05, 0) is 36.4 Å². The lowest BCUT2D eigenvalue weighted by molar-refractivity contribution is 0.103. The minimum atomic E-state index is -0.426. The molecule has 0 radical (unpaired) electrons. The quantitative estimate of drug-likeness (QED) is 0.698. The van der Waals surface area contributed by atoms with E-state index in [2.05, 4.69) is 4.98 Å². The fourth-order valence-corrected chi connectivity index (χ4v) is 2.19. The molecule has 0 aliphatic rings. The van der Waals surface area contributed by atoms with Crippen LogP contribution in [0, 0.1) is 5.82 Å². The fraction of sp³-hybridized carbons (Fsp3) is 0. The summed E-state index contributed by atoms with van der Waals surface area (Å²) in [6.45, 7) is 0. The van der Waals surface area contributed by atoms with Gasteiger partial charge in [0, 0.05) is 21.5 Å². The van der Waals surface area contributed by atoms with Crippen LogP contribution in [0.3, 0.4) is 0 Å². The molecule has 1 heterocycles. The van der Waals surface area contributed by atoms with Crippen LogP contribution in [0.25, 0.3) is 10.9 Å². The number of halogens is 2. The highest BCUT2D eigenvalue weighted by Crippen LogP contribution is 2.21. The van der Waals surface area contributed by atoms with E-state index < -0.39 is 5.82 Å². The summed E-state index contributed by atoms with van der Waals surface area (Å²) in [5.74, 6) is -0.670. The molecule has 3 aromatic rings. The first-order valence-corrected chi connectivity index (χ1v) is 6.10. The van der Waals surface area contributed by atoms with E-state index in [4.69, 9.17) is 11.6 Å². The third-order valence-corrected chi connectivity index (χ3v) is 3.15. The summed E-state index contributed by atoms with van der Waals surface area (Å²) in [7, 11) is 0. The Morgan fingerprint density at radius 2 is 1.95 bits per heavy atom. The average molecular weight is 274 g/mol. The minimum absolute atomic E-state index is 0.244. The average Bonchev–Trinajstić information content (AvgIpc) is 2.80. The van der Waals surface area contributed by atoms with E-state index in [-0.39, 0.29) is 5.78 Å². The van der Waals surface area contributed by atoms with Gasteiger partial charge in [-0.1, -0.05) is 23.7 Å². The van der Waals surface area contributed by atoms with Crippen molar-refractivity contribution >= 4 is 28.3 Å². The van der Waals surface area contributed by atoms with Crippen LogP contribution in [0.5, 0.6) is 0 Å². The third kappa shape index (κ3) is 2.25. The maximum Gasteiger partial charge on any atom is 0.209 e. The largest absolute Gasteiger partial charge is 0.352 e. The Morgan fingerprint density at radius 1 is 1.11 bits per heavy atom. The summed E-state index contributed by atoms with van der Waals surface area (Å²) < 4.78 is 13.1. The number of aromatic nitrogens is 1. The Kier molecular flexibility index (Phi) is 2.84. The number of rotatable bonds is 2. The van der Waals surface area contributed by atoms with Gasteiger partial charge in [0.15, 0.2) is 0 Å². The summed E-state index contributed by atoms with van der Waals surface area (Å²) >= 11 is 5.90. The highest BCUT2D eigenvalue weighted by molar-refractivity contribution is 6.31. The topological polar surface area (TPSA) is 32.9 Å². The van der Waals surface area contributed by atoms with Crippen molar-refractivity contribution in [3.8, 4) is 0 Å². The summed E-state index contributed by atoms with van der Waals surface area (Å²) in [6.07, 6.45) is 0. The molecule has 4 heteroatoms. The molecule has 94 valence electrons. The highest BCUT2D eigenvalue weighted by atomic mass is 35.5. The van der Waals surface area contributed by atoms with Gasteiger partial charge in [0.1, 0.15) is 5.82 Å². The van der Waals surface area contributed by atoms with Gasteiger partial charge in [0.2, 0.25) is 5.78 Å². The van der Waals surface area contributed by atoms with Gasteiger partial charge in [-0.2, -0.15) is 0 Å². The van der Waals surface area contributed by atoms with Crippen molar-refractivity contribution < 1.29 is 9.18 Å². The summed E-state index contributed by atoms with van der Waals surface area (Å²) in [5.41, 5.74) is 1.56. The van der Waals surface area contributed by atoms with Crippen molar-refractivity contribution in [1.82, 2.24) is 4.98 Å². The lowest BCUT2D eigenvalue weighted by Crippen LogP contribution is -2.01. The van der Waals surface area contributed by atoms with Crippen LogP contribution in [0.15, 0.2) is 48.5 Å². The third-order valence-electron chi connectivity index (χ3n) is 2.91. The molecule has 19 heavy (non-hydrogen) atoms. The van der Waals surface area contributed by atoms with Crippen LogP contribution >= 0.6 is 11.6 Å². The number of nitrogens with one attached hydrogen (secondary N) is 1. The molecule has 0 aliphatic carbocycles. The van der Waals surface area contributed by atoms with Crippen LogP contribution in [0.2, 0.25) is 5.02 Å². The Hall–Kier alpha value is -2.13. The van der Waals surface area contributed by atoms with Crippen LogP contribution in [-0.2, 0) is 0 Å². The van der Waals surface area contributed by atoms with Crippen LogP contribution in [-0.4, -0.2) is 10.8 Å². The molecule has 1 N–H and O–H groups in total. The normalized spacial score (nSPS) is 10.8. The van der Waals surface area contributed by atoms with Gasteiger partial charge in [-0.25, -0.2) is 4.39 Å². The van der Waals surface area contributed by atoms with Gasteiger partial charge in [-0.3, -0.25) is 4.79 Å². The fourth-order valence-electron chi connectivity index (χ4n) is 2.01. The zero-order chi connectivity index (χ0) is 13.4. The summed E-state index contributed by atoms with van der Waals surface area (Å²) in [4.78, 5) is 15.2. The van der Waals surface area contributed by atoms with Crippen molar-refractivity contribution in [1.29, 1.82) is 0 Å². The smallest absolute Gasteiger partial charge is 0.209 e. The van der Waals surface area contributed by atoms with E-state index in [0.29, 0.717) is 16.3 Å². The lowest BCUT2D eigenvalue weighted by atomic mass is 10.1. The van der Waals surface area contributed by atoms with Crippen LogP contribution < -0.4 is 0 Å². The zero-order valence-electron chi connectivity index (χ0n) is 9.78. The monoisotopic (exact) mass is 273 g/mol. The molecular formula is C15H9ClFNO. The molecule has 0 bridgehead atoms. The van der Waals surface area contributed by atoms with Crippen molar-refractivity contribution in [3.63, 3.8) is 0 Å². The molecule has 0 atom stereocenters. The Balaban J connectivity index is 2.06. The Morgan fingerprint density at radius 3 is 2.74 bits per heavy atom. The number of carbonyl (C=O) groups excluding carboxylic acids is 1. The molecule has 1 aromatic heterocycles. The Bertz CT molecular complexity index is 779. The SMILES string of the molecule is O=C(c1cccc(F)c1)c1cc2cc(Cl)ccc2[nH]1. The summed E-state index contributed by atoms with van der Waals surface area (Å²) in [6, 6.07) is 12.7. The van der Waals surface area contributed by atoms with Crippen molar-refractivity contribution in [3.05, 3.63) is 70.6 Å². The number of aromatic amines is 1. The highest BCUT2D eigenvalue weighted by Gasteiger charge is 2.12. The molecule has 2 nitrogen and oxygen atoms in total. The predicted octanol–water partition coefficient (Wildman–Crippen LogP) is 4.19. The number of carbonyl (C=O) groups is 1. The number of hydrogen-bond acceptors (Lipinski definition) is 1. The molecule has 0 spiro atoms. The van der Waals surface area contributed by atoms with Crippen LogP contribution in [0.4, 0.5) is 4.39 Å². The van der Waals surface area contributed by atoms with Gasteiger partial charge in [-0.15, -0.1) is 0 Å². The maximum atomic E-state index is 13.1. The second-order valence-electron chi connectivity index (χ2n) is 4.25. The van der Waals surface area contributed by atoms with Crippen molar-refractivity contribution in [2.45, 2.75) is 0 Å². The van der Waals surface area contributed by atoms with Gasteiger partial charge in [0.25, 0.3) is 0 Å². The number of H-pyrrole nitrogens is 1. The van der Waals surface area contributed by atoms with E-state index in [1.807, 2.05) is 0 Å². The van der Waals surface area contributed by atoms with E-state index in [1.54, 1.807) is 30.3 Å². The predicted molar refractivity (Wildman–Crippen MR) is 73.1 cm³/mol. The molecule has 0 amide bonds. The standard InChI is InChI=1S/C15H9ClFNO/c16-11-4-5-13-10(6-11)8-14(18-13)15(19)9-2-1-3-12(17)7-9/h1-8,18H. The molecule has 0 unspecified atom stereocenters. The number of benzene rings is 2. The molecule has 2 aromatic carbocycles. The molecule has 0 aliphatic heterocycles. The molecule has 0 saturated carbocycles. The maximum absolute atomic E-state index is 13.1. The first-order chi connectivity index (χ1) is 9.13. The van der Waals surface area contributed by atoms with Crippen molar-refractivity contribution in [2.24, 2.45) is 0 Å². The van der Waals surface area contributed by atoms with Gasteiger partial charge in [0.05, 0.1) is 5.69 Å². The zero-order valence-corrected chi connectivity index (χ0v) is 10.5. The molecule has 3 rings (SSSR count). The number of ketones is 1. The number of hydrogen-bond donors (Lipinski definition) is 1. The van der Waals surface area contributed by atoms with Crippen LogP contribution in [0.1, 0.15) is 16.1 Å². The summed E-state index contributed by atoms with van der Waals surface area (Å²) in [5, 5.41) is 1.46. The number of fused-ring (bicyclic) bond motifs is 1. The second kappa shape index (κ2) is 4.52. The van der Waals surface area contributed by atoms with Gasteiger partial charge >= 0.3 is 0 Å². The molecule has 0 saturated heterocycles. The molecule has 0 fully saturated rings. The minimum Gasteiger partial charge on any atom is -0.352 e. The van der Waals surface area contributed by atoms with E-state index in [1.165, 1.54) is 18.2 Å². The first kappa shape index (κ1) is 11.9. The van der Waals surface area contributed by atoms with E-state index in [9.17, 15) is 9.18 Å². The second-order valence-corrected chi connectivity index (χ2v) is 4.69. The van der Waals surface area contributed by atoms with Gasteiger partial charge < -0.3 is 4.98 Å². The molecular weight excluding hydrogens is 265 g/mol.